The number of likely N-dealkylation sites (N-methyl/N-ethyl adjacent to an activating group) is 1. The van der Waals surface area contributed by atoms with Crippen LogP contribution in [0.5, 0.6) is 0 Å². The number of carbonyl (C=O) groups excluding carboxylic acids is 1. The van der Waals surface area contributed by atoms with Crippen LogP contribution in [-0.2, 0) is 11.3 Å². The second kappa shape index (κ2) is 6.34. The van der Waals surface area contributed by atoms with Crippen LogP contribution in [-0.4, -0.2) is 52.5 Å². The molecule has 0 radical (unpaired) electrons. The second-order valence-corrected chi connectivity index (χ2v) is 7.05. The average Bonchev–Trinajstić information content (AvgIpc) is 3.06. The molecule has 2 aromatic rings. The van der Waals surface area contributed by atoms with Gasteiger partial charge < -0.3 is 9.47 Å². The molecule has 0 spiro atoms. The number of aromatic nitrogens is 1. The minimum Gasteiger partial charge on any atom is -0.345 e. The van der Waals surface area contributed by atoms with Gasteiger partial charge in [0.2, 0.25) is 5.91 Å². The van der Waals surface area contributed by atoms with Gasteiger partial charge in [0.1, 0.15) is 0 Å². The van der Waals surface area contributed by atoms with Gasteiger partial charge >= 0.3 is 0 Å². The van der Waals surface area contributed by atoms with E-state index in [2.05, 4.69) is 66.8 Å². The van der Waals surface area contributed by atoms with Gasteiger partial charge in [-0.1, -0.05) is 31.2 Å². The molecule has 25 heavy (non-hydrogen) atoms. The molecular weight excluding hydrogens is 310 g/mol. The maximum Gasteiger partial charge on any atom is 0.230 e. The first-order chi connectivity index (χ1) is 12.2. The number of benzene rings is 1. The minimum absolute atomic E-state index is 0.0390. The number of hydrogen-bond acceptors (Lipinski definition) is 2. The highest BCUT2D eigenvalue weighted by molar-refractivity contribution is 5.96. The Labute approximate surface area is 149 Å². The van der Waals surface area contributed by atoms with E-state index in [0.29, 0.717) is 6.04 Å². The molecule has 0 saturated heterocycles. The fourth-order valence-electron chi connectivity index (χ4n) is 4.54. The predicted octanol–water partition coefficient (Wildman–Crippen LogP) is 3.23. The SMILES string of the molecule is CCN(CC)C(=O)C1C=C2c3cccc4ccn(c34)CC2N(CC)C1. The molecule has 0 fully saturated rings. The predicted molar refractivity (Wildman–Crippen MR) is 102 cm³/mol. The summed E-state index contributed by atoms with van der Waals surface area (Å²) in [5, 5.41) is 1.29. The highest BCUT2D eigenvalue weighted by Gasteiger charge is 2.37. The zero-order valence-corrected chi connectivity index (χ0v) is 15.4. The number of amides is 1. The van der Waals surface area contributed by atoms with Gasteiger partial charge in [-0.25, -0.2) is 0 Å². The van der Waals surface area contributed by atoms with Crippen molar-refractivity contribution in [2.24, 2.45) is 5.92 Å². The van der Waals surface area contributed by atoms with Gasteiger partial charge in [0.05, 0.1) is 17.5 Å². The molecule has 2 aliphatic heterocycles. The minimum atomic E-state index is -0.0390. The quantitative estimate of drug-likeness (QED) is 0.857. The van der Waals surface area contributed by atoms with Gasteiger partial charge in [-0.3, -0.25) is 9.69 Å². The van der Waals surface area contributed by atoms with Crippen LogP contribution in [0.3, 0.4) is 0 Å². The molecule has 4 heteroatoms. The maximum absolute atomic E-state index is 13.0. The van der Waals surface area contributed by atoms with Crippen molar-refractivity contribution in [2.75, 3.05) is 26.2 Å². The first kappa shape index (κ1) is 16.4. The summed E-state index contributed by atoms with van der Waals surface area (Å²) < 4.78 is 2.38. The van der Waals surface area contributed by atoms with Gasteiger partial charge in [0, 0.05) is 43.3 Å². The first-order valence-corrected chi connectivity index (χ1v) is 9.50. The van der Waals surface area contributed by atoms with Crippen molar-refractivity contribution in [3.8, 4) is 0 Å². The normalized spacial score (nSPS) is 22.6. The Hall–Kier alpha value is -2.07. The Morgan fingerprint density at radius 1 is 1.16 bits per heavy atom. The van der Waals surface area contributed by atoms with Crippen molar-refractivity contribution in [1.82, 2.24) is 14.4 Å². The van der Waals surface area contributed by atoms with Crippen LogP contribution >= 0.6 is 0 Å². The molecule has 1 aromatic carbocycles. The lowest BCUT2D eigenvalue weighted by Crippen LogP contribution is -2.50. The summed E-state index contributed by atoms with van der Waals surface area (Å²) in [4.78, 5) is 17.4. The van der Waals surface area contributed by atoms with E-state index >= 15 is 0 Å². The van der Waals surface area contributed by atoms with Crippen LogP contribution in [0.4, 0.5) is 0 Å². The number of fused-ring (bicyclic) bond motifs is 2. The van der Waals surface area contributed by atoms with Crippen molar-refractivity contribution in [3.63, 3.8) is 0 Å². The number of nitrogens with zero attached hydrogens (tertiary/aromatic N) is 3. The van der Waals surface area contributed by atoms with Crippen LogP contribution in [0, 0.1) is 5.92 Å². The van der Waals surface area contributed by atoms with Crippen molar-refractivity contribution < 1.29 is 4.79 Å². The molecule has 132 valence electrons. The van der Waals surface area contributed by atoms with E-state index in [1.807, 2.05) is 4.90 Å². The van der Waals surface area contributed by atoms with Crippen molar-refractivity contribution in [1.29, 1.82) is 0 Å². The molecule has 0 saturated carbocycles. The molecule has 0 bridgehead atoms. The summed E-state index contributed by atoms with van der Waals surface area (Å²) in [6, 6.07) is 9.10. The monoisotopic (exact) mass is 337 g/mol. The molecule has 0 N–H and O–H groups in total. The number of rotatable bonds is 4. The Morgan fingerprint density at radius 2 is 1.96 bits per heavy atom. The molecular formula is C21H27N3O. The van der Waals surface area contributed by atoms with E-state index in [-0.39, 0.29) is 11.8 Å². The number of hydrogen-bond donors (Lipinski definition) is 0. The van der Waals surface area contributed by atoms with Gasteiger partial charge in [-0.2, -0.15) is 0 Å². The van der Waals surface area contributed by atoms with E-state index in [4.69, 9.17) is 0 Å². The van der Waals surface area contributed by atoms with Crippen LogP contribution in [0.15, 0.2) is 36.5 Å². The third-order valence-corrected chi connectivity index (χ3v) is 5.88. The van der Waals surface area contributed by atoms with E-state index in [9.17, 15) is 4.79 Å². The summed E-state index contributed by atoms with van der Waals surface area (Å²) in [5.41, 5.74) is 3.96. The Balaban J connectivity index is 1.81. The zero-order valence-electron chi connectivity index (χ0n) is 15.4. The van der Waals surface area contributed by atoms with Crippen molar-refractivity contribution in [3.05, 3.63) is 42.1 Å². The highest BCUT2D eigenvalue weighted by Crippen LogP contribution is 2.39. The van der Waals surface area contributed by atoms with Crippen molar-refractivity contribution in [2.45, 2.75) is 33.4 Å². The van der Waals surface area contributed by atoms with E-state index in [1.165, 1.54) is 22.0 Å². The second-order valence-electron chi connectivity index (χ2n) is 7.05. The average molecular weight is 337 g/mol. The topological polar surface area (TPSA) is 28.5 Å². The number of carbonyl (C=O) groups is 1. The molecule has 2 unspecified atom stereocenters. The first-order valence-electron chi connectivity index (χ1n) is 9.50. The summed E-state index contributed by atoms with van der Waals surface area (Å²) >= 11 is 0. The molecule has 1 amide bonds. The van der Waals surface area contributed by atoms with Gasteiger partial charge in [0.15, 0.2) is 0 Å². The number of para-hydroxylation sites is 1. The van der Waals surface area contributed by atoms with Gasteiger partial charge in [-0.05, 0) is 32.0 Å². The lowest BCUT2D eigenvalue weighted by atomic mass is 9.85. The standard InChI is InChI=1S/C21H27N3O/c1-4-22(5-2)21(25)16-12-18-17-9-7-8-15-10-11-24(20(15)17)14-19(18)23(6-3)13-16/h7-12,16,19H,4-6,13-14H2,1-3H3. The van der Waals surface area contributed by atoms with Crippen LogP contribution in [0.25, 0.3) is 16.5 Å². The summed E-state index contributed by atoms with van der Waals surface area (Å²) in [5.74, 6) is 0.227. The molecule has 2 atom stereocenters. The lowest BCUT2D eigenvalue weighted by Gasteiger charge is -2.42. The Morgan fingerprint density at radius 3 is 2.68 bits per heavy atom. The van der Waals surface area contributed by atoms with Gasteiger partial charge in [0.25, 0.3) is 0 Å². The largest absolute Gasteiger partial charge is 0.345 e. The Bertz CT molecular complexity index is 831. The van der Waals surface area contributed by atoms with Gasteiger partial charge in [-0.15, -0.1) is 0 Å². The lowest BCUT2D eigenvalue weighted by molar-refractivity contribution is -0.134. The third-order valence-electron chi connectivity index (χ3n) is 5.88. The molecule has 4 rings (SSSR count). The summed E-state index contributed by atoms with van der Waals surface area (Å²) in [6.45, 7) is 10.7. The summed E-state index contributed by atoms with van der Waals surface area (Å²) in [6.07, 6.45) is 4.47. The maximum atomic E-state index is 13.0. The molecule has 4 nitrogen and oxygen atoms in total. The molecule has 0 aliphatic carbocycles. The third kappa shape index (κ3) is 2.51. The van der Waals surface area contributed by atoms with E-state index < -0.39 is 0 Å². The smallest absolute Gasteiger partial charge is 0.230 e. The van der Waals surface area contributed by atoms with E-state index in [0.717, 1.165) is 32.7 Å². The van der Waals surface area contributed by atoms with Crippen molar-refractivity contribution >= 4 is 22.4 Å². The fourth-order valence-corrected chi connectivity index (χ4v) is 4.54. The molecule has 2 aliphatic rings. The summed E-state index contributed by atoms with van der Waals surface area (Å²) in [7, 11) is 0. The Kier molecular flexibility index (Phi) is 4.16. The zero-order chi connectivity index (χ0) is 17.6. The van der Waals surface area contributed by atoms with Crippen LogP contribution < -0.4 is 0 Å². The molecule has 3 heterocycles. The fraction of sp³-hybridized carbons (Fsp3) is 0.476. The van der Waals surface area contributed by atoms with E-state index in [1.54, 1.807) is 0 Å². The van der Waals surface area contributed by atoms with Crippen LogP contribution in [0.2, 0.25) is 0 Å². The van der Waals surface area contributed by atoms with Crippen LogP contribution in [0.1, 0.15) is 26.3 Å². The molecule has 1 aromatic heterocycles. The highest BCUT2D eigenvalue weighted by atomic mass is 16.2.